The van der Waals surface area contributed by atoms with Crippen LogP contribution in [0, 0.1) is 47.3 Å². The van der Waals surface area contributed by atoms with Crippen LogP contribution in [0.2, 0.25) is 0 Å². The van der Waals surface area contributed by atoms with Gasteiger partial charge in [0.25, 0.3) is 0 Å². The third-order valence-electron chi connectivity index (χ3n) is 16.6. The monoisotopic (exact) mass is 1220 g/mol. The van der Waals surface area contributed by atoms with E-state index in [4.69, 9.17) is 0 Å². The SMILES string of the molecule is CCCCC(C)C(O)C1C(=O)NC(C(C)C)C(=O)N(C)CC(=O)N(C)C(CC(C)C)C(=O)NC(C(C)C)C(=O)N(C)C(CC(C)C)C(=O)NC(C)C(=O)NC(C)C(=O)N(C)C(CC(C)C)C(=O)N(C)C(CC(C)C)C(=O)N(C)C(C(C)C)C(=O)N1C. The summed E-state index contributed by atoms with van der Waals surface area (Å²) < 4.78 is 0. The lowest BCUT2D eigenvalue weighted by atomic mass is 9.90. The first-order valence-corrected chi connectivity index (χ1v) is 31.3. The Kier molecular flexibility index (Phi) is 32.0. The summed E-state index contributed by atoms with van der Waals surface area (Å²) in [4.78, 5) is 169. The first-order chi connectivity index (χ1) is 39.6. The molecule has 494 valence electrons. The molecule has 1 saturated heterocycles. The predicted octanol–water partition coefficient (Wildman–Crippen LogP) is 3.74. The van der Waals surface area contributed by atoms with Crippen molar-refractivity contribution in [1.82, 2.24) is 55.6 Å². The van der Waals surface area contributed by atoms with Crippen molar-refractivity contribution in [3.63, 3.8) is 0 Å². The zero-order chi connectivity index (χ0) is 66.8. The standard InChI is InChI=1S/C63H115N11O12/c1-26-27-28-41(16)53(76)52-57(80)67-49(38(10)11)61(84)68(19)33-48(75)69(20)44(29-34(2)3)56(79)66-50(39(12)13)62(85)70(21)45(30-35(4)5)55(78)64-42(17)54(77)65-43(18)58(81)71(22)46(31-36(6)7)59(82)72(23)47(32-37(8)9)60(83)73(24)51(40(14)15)63(86)74(52)25/h34-47,49-53,76H,26-33H2,1-25H3,(H,64,78)(H,65,77)(H,66,79)(H,67,80). The first kappa shape index (κ1) is 78.1. The number of amides is 11. The van der Waals surface area contributed by atoms with Gasteiger partial charge in [-0.05, 0) is 93.3 Å². The van der Waals surface area contributed by atoms with Gasteiger partial charge >= 0.3 is 0 Å². The van der Waals surface area contributed by atoms with Gasteiger partial charge in [0.1, 0.15) is 60.4 Å². The summed E-state index contributed by atoms with van der Waals surface area (Å²) in [6, 6.07) is -12.3. The highest BCUT2D eigenvalue weighted by Crippen LogP contribution is 2.26. The molecule has 0 radical (unpaired) electrons. The van der Waals surface area contributed by atoms with Crippen LogP contribution in [0.4, 0.5) is 0 Å². The molecule has 12 atom stereocenters. The molecule has 0 aromatic heterocycles. The number of aliphatic hydroxyl groups is 1. The lowest BCUT2D eigenvalue weighted by Gasteiger charge is -2.42. The van der Waals surface area contributed by atoms with Gasteiger partial charge in [-0.3, -0.25) is 52.7 Å². The number of unbranched alkanes of at least 4 members (excludes halogenated alkanes) is 1. The molecule has 0 aromatic carbocycles. The predicted molar refractivity (Wildman–Crippen MR) is 333 cm³/mol. The largest absolute Gasteiger partial charge is 0.390 e. The second kappa shape index (κ2) is 35.2. The molecule has 1 heterocycles. The molecule has 1 aliphatic rings. The van der Waals surface area contributed by atoms with E-state index in [1.54, 1.807) is 48.5 Å². The van der Waals surface area contributed by atoms with E-state index in [0.29, 0.717) is 12.8 Å². The maximum absolute atomic E-state index is 15.2. The van der Waals surface area contributed by atoms with Crippen molar-refractivity contribution in [2.45, 2.75) is 236 Å². The molecule has 0 bridgehead atoms. The summed E-state index contributed by atoms with van der Waals surface area (Å²) in [5.74, 6) is -10.1. The summed E-state index contributed by atoms with van der Waals surface area (Å²) in [5, 5.41) is 23.3. The topological polar surface area (TPSA) is 279 Å². The van der Waals surface area contributed by atoms with Crippen LogP contribution >= 0.6 is 0 Å². The van der Waals surface area contributed by atoms with Gasteiger partial charge in [-0.2, -0.15) is 0 Å². The van der Waals surface area contributed by atoms with Crippen LogP contribution in [0.15, 0.2) is 0 Å². The highest BCUT2D eigenvalue weighted by Gasteiger charge is 2.46. The Bertz CT molecular complexity index is 2310. The molecule has 1 fully saturated rings. The van der Waals surface area contributed by atoms with Crippen LogP contribution in [-0.4, -0.2) is 227 Å². The van der Waals surface area contributed by atoms with Crippen LogP contribution in [0.25, 0.3) is 0 Å². The van der Waals surface area contributed by atoms with Crippen LogP contribution in [0.1, 0.15) is 170 Å². The van der Waals surface area contributed by atoms with E-state index in [2.05, 4.69) is 21.3 Å². The van der Waals surface area contributed by atoms with Crippen molar-refractivity contribution in [2.24, 2.45) is 47.3 Å². The molecule has 86 heavy (non-hydrogen) atoms. The van der Waals surface area contributed by atoms with E-state index in [9.17, 15) is 48.3 Å². The molecular weight excluding hydrogens is 1100 g/mol. The minimum absolute atomic E-state index is 0.129. The van der Waals surface area contributed by atoms with Crippen molar-refractivity contribution in [1.29, 1.82) is 0 Å². The van der Waals surface area contributed by atoms with Gasteiger partial charge in [-0.15, -0.1) is 0 Å². The Morgan fingerprint density at radius 1 is 0.407 bits per heavy atom. The van der Waals surface area contributed by atoms with E-state index in [-0.39, 0.29) is 49.4 Å². The van der Waals surface area contributed by atoms with Crippen LogP contribution in [0.5, 0.6) is 0 Å². The van der Waals surface area contributed by atoms with E-state index >= 15 is 9.59 Å². The third-order valence-corrected chi connectivity index (χ3v) is 16.6. The molecule has 0 aliphatic carbocycles. The van der Waals surface area contributed by atoms with Crippen LogP contribution < -0.4 is 21.3 Å². The van der Waals surface area contributed by atoms with Crippen molar-refractivity contribution in [3.05, 3.63) is 0 Å². The number of likely N-dealkylation sites (N-methyl/N-ethyl adjacent to an activating group) is 7. The normalized spacial score (nSPS) is 26.7. The lowest BCUT2D eigenvalue weighted by molar-refractivity contribution is -0.157. The summed E-state index contributed by atoms with van der Waals surface area (Å²) in [7, 11) is 9.98. The van der Waals surface area contributed by atoms with Gasteiger partial charge in [-0.25, -0.2) is 0 Å². The molecule has 23 nitrogen and oxygen atoms in total. The van der Waals surface area contributed by atoms with Gasteiger partial charge in [0.15, 0.2) is 0 Å². The molecule has 23 heteroatoms. The van der Waals surface area contributed by atoms with E-state index in [1.165, 1.54) is 87.7 Å². The Morgan fingerprint density at radius 3 is 1.22 bits per heavy atom. The van der Waals surface area contributed by atoms with Crippen LogP contribution in [0.3, 0.4) is 0 Å². The molecule has 1 rings (SSSR count). The van der Waals surface area contributed by atoms with Gasteiger partial charge in [-0.1, -0.05) is 124 Å². The molecular formula is C63H115N11O12. The number of carbonyl (C=O) groups is 11. The number of rotatable bonds is 16. The number of hydrogen-bond acceptors (Lipinski definition) is 12. The van der Waals surface area contributed by atoms with E-state index in [0.717, 1.165) is 16.2 Å². The highest BCUT2D eigenvalue weighted by molar-refractivity contribution is 5.99. The summed E-state index contributed by atoms with van der Waals surface area (Å²) in [6.45, 7) is 31.4. The molecule has 12 unspecified atom stereocenters. The number of nitrogens with one attached hydrogen (secondary N) is 4. The van der Waals surface area contributed by atoms with Gasteiger partial charge in [0, 0.05) is 49.3 Å². The quantitative estimate of drug-likeness (QED) is 0.148. The Morgan fingerprint density at radius 2 is 0.779 bits per heavy atom. The molecule has 1 aliphatic heterocycles. The number of hydrogen-bond donors (Lipinski definition) is 5. The summed E-state index contributed by atoms with van der Waals surface area (Å²) in [6.07, 6.45) is 1.14. The minimum Gasteiger partial charge on any atom is -0.390 e. The van der Waals surface area contributed by atoms with E-state index < -0.39 is 162 Å². The van der Waals surface area contributed by atoms with Gasteiger partial charge < -0.3 is 60.7 Å². The fraction of sp³-hybridized carbons (Fsp3) is 0.825. The Labute approximate surface area is 515 Å². The highest BCUT2D eigenvalue weighted by atomic mass is 16.3. The van der Waals surface area contributed by atoms with E-state index in [1.807, 2.05) is 62.3 Å². The number of nitrogens with zero attached hydrogens (tertiary/aromatic N) is 7. The molecule has 11 amide bonds. The Hall–Kier alpha value is -5.87. The average Bonchev–Trinajstić information content (AvgIpc) is 2.16. The molecule has 0 spiro atoms. The van der Waals surface area contributed by atoms with Gasteiger partial charge in [0.2, 0.25) is 65.0 Å². The third kappa shape index (κ3) is 21.8. The summed E-state index contributed by atoms with van der Waals surface area (Å²) in [5.41, 5.74) is 0. The van der Waals surface area contributed by atoms with Crippen LogP contribution in [-0.2, 0) is 52.7 Å². The van der Waals surface area contributed by atoms with Crippen molar-refractivity contribution < 1.29 is 57.8 Å². The fourth-order valence-electron chi connectivity index (χ4n) is 11.0. The van der Waals surface area contributed by atoms with Gasteiger partial charge in [0.05, 0.1) is 12.6 Å². The lowest BCUT2D eigenvalue weighted by Crippen LogP contribution is -2.64. The Balaban J connectivity index is 4.36. The first-order valence-electron chi connectivity index (χ1n) is 31.3. The number of carbonyl (C=O) groups excluding carboxylic acids is 11. The van der Waals surface area contributed by atoms with Crippen molar-refractivity contribution in [2.75, 3.05) is 55.9 Å². The maximum Gasteiger partial charge on any atom is 0.246 e. The molecule has 5 N–H and O–H groups in total. The van der Waals surface area contributed by atoms with Crippen molar-refractivity contribution in [3.8, 4) is 0 Å². The fourth-order valence-corrected chi connectivity index (χ4v) is 11.0. The number of aliphatic hydroxyl groups excluding tert-OH is 1. The average molecular weight is 1220 g/mol. The minimum atomic E-state index is -1.59. The summed E-state index contributed by atoms with van der Waals surface area (Å²) >= 11 is 0. The molecule has 0 saturated carbocycles. The zero-order valence-corrected chi connectivity index (χ0v) is 57.2. The maximum atomic E-state index is 15.2. The smallest absolute Gasteiger partial charge is 0.246 e. The van der Waals surface area contributed by atoms with Crippen molar-refractivity contribution >= 4 is 65.0 Å². The second-order valence-electron chi connectivity index (χ2n) is 27.2. The molecule has 0 aromatic rings. The second-order valence-corrected chi connectivity index (χ2v) is 27.2. The zero-order valence-electron chi connectivity index (χ0n) is 57.2.